The van der Waals surface area contributed by atoms with Gasteiger partial charge in [-0.2, -0.15) is 0 Å². The fourth-order valence-electron chi connectivity index (χ4n) is 1.70. The Balaban J connectivity index is 0. The number of halogens is 1. The van der Waals surface area contributed by atoms with E-state index in [1.165, 1.54) is 0 Å². The van der Waals surface area contributed by atoms with Crippen LogP contribution in [0.1, 0.15) is 34.1 Å². The van der Waals surface area contributed by atoms with Gasteiger partial charge in [-0.3, -0.25) is 4.79 Å². The molecular weight excluding hydrogens is 254 g/mol. The molecular formula is C12H24BrNO. The molecule has 2 nitrogen and oxygen atoms in total. The fourth-order valence-corrected chi connectivity index (χ4v) is 1.70. The van der Waals surface area contributed by atoms with Crippen LogP contribution >= 0.6 is 0 Å². The lowest BCUT2D eigenvalue weighted by atomic mass is 10.1. The van der Waals surface area contributed by atoms with Gasteiger partial charge in [0.2, 0.25) is 0 Å². The highest BCUT2D eigenvalue weighted by atomic mass is 79.9. The summed E-state index contributed by atoms with van der Waals surface area (Å²) in [7, 11) is 0. The Morgan fingerprint density at radius 2 is 1.53 bits per heavy atom. The summed E-state index contributed by atoms with van der Waals surface area (Å²) in [6.07, 6.45) is 0.644. The van der Waals surface area contributed by atoms with Crippen LogP contribution in [0.5, 0.6) is 0 Å². The van der Waals surface area contributed by atoms with Crippen molar-refractivity contribution in [3.63, 3.8) is 0 Å². The zero-order chi connectivity index (χ0) is 11.2. The van der Waals surface area contributed by atoms with Crippen LogP contribution in [0.2, 0.25) is 0 Å². The number of nitrogens with zero attached hydrogens (tertiary/aromatic N) is 1. The molecule has 0 aliphatic heterocycles. The lowest BCUT2D eigenvalue weighted by Gasteiger charge is -2.35. The van der Waals surface area contributed by atoms with Gasteiger partial charge in [-0.25, -0.2) is 0 Å². The van der Waals surface area contributed by atoms with E-state index in [-0.39, 0.29) is 22.8 Å². The smallest absolute Gasteiger partial charge is 0.163 e. The predicted octanol–water partition coefficient (Wildman–Crippen LogP) is -0.598. The number of hydrogen-bond acceptors (Lipinski definition) is 1. The highest BCUT2D eigenvalue weighted by molar-refractivity contribution is 5.94. The van der Waals surface area contributed by atoms with Gasteiger partial charge in [0.15, 0.2) is 5.78 Å². The van der Waals surface area contributed by atoms with Crippen LogP contribution in [0.15, 0.2) is 12.2 Å². The lowest BCUT2D eigenvalue weighted by molar-refractivity contribution is -0.922. The molecule has 0 atom stereocenters. The SMILES string of the molecule is C=C(C)C(=O)CC[N+](CC)(CC)CC.[Br-]. The van der Waals surface area contributed by atoms with E-state index in [9.17, 15) is 4.79 Å². The van der Waals surface area contributed by atoms with Crippen molar-refractivity contribution in [1.29, 1.82) is 0 Å². The van der Waals surface area contributed by atoms with Crippen molar-refractivity contribution in [2.24, 2.45) is 0 Å². The summed E-state index contributed by atoms with van der Waals surface area (Å²) in [5, 5.41) is 0. The highest BCUT2D eigenvalue weighted by Gasteiger charge is 2.21. The van der Waals surface area contributed by atoms with Gasteiger partial charge in [-0.05, 0) is 33.3 Å². The number of Topliss-reactive ketones (excluding diaryl/α,β-unsaturated/α-hetero) is 1. The second kappa shape index (κ2) is 8.05. The van der Waals surface area contributed by atoms with E-state index >= 15 is 0 Å². The first-order chi connectivity index (χ1) is 6.51. The van der Waals surface area contributed by atoms with Crippen LogP contribution < -0.4 is 17.0 Å². The van der Waals surface area contributed by atoms with Crippen molar-refractivity contribution in [3.8, 4) is 0 Å². The summed E-state index contributed by atoms with van der Waals surface area (Å²) in [6.45, 7) is 16.3. The molecule has 0 aliphatic carbocycles. The quantitative estimate of drug-likeness (QED) is 0.449. The molecule has 90 valence electrons. The molecule has 0 amide bonds. The monoisotopic (exact) mass is 277 g/mol. The number of carbonyl (C=O) groups excluding carboxylic acids is 1. The van der Waals surface area contributed by atoms with E-state index in [0.717, 1.165) is 30.7 Å². The van der Waals surface area contributed by atoms with E-state index < -0.39 is 0 Å². The van der Waals surface area contributed by atoms with Crippen LogP contribution in [-0.2, 0) is 4.79 Å². The predicted molar refractivity (Wildman–Crippen MR) is 61.2 cm³/mol. The van der Waals surface area contributed by atoms with Gasteiger partial charge in [0, 0.05) is 0 Å². The third-order valence-corrected chi connectivity index (χ3v) is 3.30. The van der Waals surface area contributed by atoms with Crippen LogP contribution in [0.25, 0.3) is 0 Å². The minimum absolute atomic E-state index is 0. The second-order valence-corrected chi connectivity index (χ2v) is 3.97. The summed E-state index contributed by atoms with van der Waals surface area (Å²) < 4.78 is 1.04. The molecule has 0 N–H and O–H groups in total. The Hall–Kier alpha value is -0.150. The Labute approximate surface area is 105 Å². The van der Waals surface area contributed by atoms with Gasteiger partial charge in [-0.15, -0.1) is 0 Å². The molecule has 0 unspecified atom stereocenters. The topological polar surface area (TPSA) is 17.1 Å². The molecule has 3 heteroatoms. The van der Waals surface area contributed by atoms with E-state index in [1.54, 1.807) is 6.92 Å². The normalized spacial score (nSPS) is 10.7. The van der Waals surface area contributed by atoms with Crippen LogP contribution in [-0.4, -0.2) is 36.4 Å². The molecule has 0 aliphatic rings. The summed E-state index contributed by atoms with van der Waals surface area (Å²) >= 11 is 0. The van der Waals surface area contributed by atoms with Crippen LogP contribution in [0.4, 0.5) is 0 Å². The zero-order valence-electron chi connectivity index (χ0n) is 10.5. The van der Waals surface area contributed by atoms with E-state index in [4.69, 9.17) is 0 Å². The summed E-state index contributed by atoms with van der Waals surface area (Å²) in [5.41, 5.74) is 0.686. The molecule has 0 aromatic heterocycles. The fraction of sp³-hybridized carbons (Fsp3) is 0.750. The van der Waals surface area contributed by atoms with Crippen LogP contribution in [0.3, 0.4) is 0 Å². The summed E-state index contributed by atoms with van der Waals surface area (Å²) in [5.74, 6) is 0.211. The van der Waals surface area contributed by atoms with Gasteiger partial charge in [0.25, 0.3) is 0 Å². The van der Waals surface area contributed by atoms with Crippen molar-refractivity contribution in [3.05, 3.63) is 12.2 Å². The Morgan fingerprint density at radius 3 is 1.80 bits per heavy atom. The summed E-state index contributed by atoms with van der Waals surface area (Å²) in [4.78, 5) is 11.4. The second-order valence-electron chi connectivity index (χ2n) is 3.97. The van der Waals surface area contributed by atoms with Crippen molar-refractivity contribution < 1.29 is 26.3 Å². The molecule has 0 rings (SSSR count). The van der Waals surface area contributed by atoms with Gasteiger partial charge in [0.1, 0.15) is 0 Å². The highest BCUT2D eigenvalue weighted by Crippen LogP contribution is 2.08. The molecule has 0 radical (unpaired) electrons. The molecule has 0 spiro atoms. The minimum atomic E-state index is 0. The largest absolute Gasteiger partial charge is 1.00 e. The van der Waals surface area contributed by atoms with E-state index in [1.807, 2.05) is 0 Å². The van der Waals surface area contributed by atoms with Gasteiger partial charge in [0.05, 0.1) is 32.6 Å². The van der Waals surface area contributed by atoms with Crippen molar-refractivity contribution >= 4 is 5.78 Å². The first-order valence-electron chi connectivity index (χ1n) is 5.55. The van der Waals surface area contributed by atoms with Gasteiger partial charge in [-0.1, -0.05) is 6.58 Å². The molecule has 0 aromatic carbocycles. The van der Waals surface area contributed by atoms with E-state index in [2.05, 4.69) is 27.4 Å². The van der Waals surface area contributed by atoms with Crippen molar-refractivity contribution in [2.75, 3.05) is 26.2 Å². The maximum Gasteiger partial charge on any atom is 0.163 e. The van der Waals surface area contributed by atoms with Crippen molar-refractivity contribution in [2.45, 2.75) is 34.1 Å². The number of ketones is 1. The maximum atomic E-state index is 11.4. The first kappa shape index (κ1) is 17.3. The number of carbonyl (C=O) groups is 1. The molecule has 0 saturated carbocycles. The average Bonchev–Trinajstić information content (AvgIpc) is 2.20. The minimum Gasteiger partial charge on any atom is -1.00 e. The van der Waals surface area contributed by atoms with E-state index in [0.29, 0.717) is 12.0 Å². The van der Waals surface area contributed by atoms with Gasteiger partial charge >= 0.3 is 0 Å². The molecule has 0 bridgehead atoms. The molecule has 0 heterocycles. The number of quaternary nitrogens is 1. The average molecular weight is 278 g/mol. The Morgan fingerprint density at radius 1 is 1.13 bits per heavy atom. The molecule has 0 aromatic rings. The molecule has 15 heavy (non-hydrogen) atoms. The van der Waals surface area contributed by atoms with Gasteiger partial charge < -0.3 is 21.5 Å². The molecule has 0 fully saturated rings. The maximum absolute atomic E-state index is 11.4. The van der Waals surface area contributed by atoms with Crippen molar-refractivity contribution in [1.82, 2.24) is 0 Å². The third-order valence-electron chi connectivity index (χ3n) is 3.30. The Bertz CT molecular complexity index is 201. The zero-order valence-corrected chi connectivity index (χ0v) is 12.1. The first-order valence-corrected chi connectivity index (χ1v) is 5.55. The van der Waals surface area contributed by atoms with Crippen LogP contribution in [0, 0.1) is 0 Å². The number of allylic oxidation sites excluding steroid dienone is 1. The Kier molecular flexibility index (Phi) is 9.26. The summed E-state index contributed by atoms with van der Waals surface area (Å²) in [6, 6.07) is 0. The number of rotatable bonds is 7. The number of hydrogen-bond donors (Lipinski definition) is 0. The lowest BCUT2D eigenvalue weighted by Crippen LogP contribution is -3.00. The molecule has 0 saturated heterocycles. The third kappa shape index (κ3) is 5.47. The standard InChI is InChI=1S/C12H24NO.BrH/c1-6-13(7-2,8-3)10-9-12(14)11(4)5;/h4,6-10H2,1-3,5H3;1H/q+1;/p-1.